The lowest BCUT2D eigenvalue weighted by Gasteiger charge is -2.26. The molecule has 0 amide bonds. The number of hydrazone groups is 1. The fourth-order valence-corrected chi connectivity index (χ4v) is 5.13. The van der Waals surface area contributed by atoms with Crippen molar-refractivity contribution >= 4 is 66.1 Å². The van der Waals surface area contributed by atoms with Gasteiger partial charge in [0.1, 0.15) is 0 Å². The zero-order valence-electron chi connectivity index (χ0n) is 16.3. The first-order valence-electron chi connectivity index (χ1n) is 9.48. The van der Waals surface area contributed by atoms with Crippen LogP contribution in [0.4, 0.5) is 5.69 Å². The number of aromatic amines is 1. The molecule has 0 spiro atoms. The molecule has 0 unspecified atom stereocenters. The molecule has 1 aliphatic rings. The van der Waals surface area contributed by atoms with Crippen LogP contribution in [0.1, 0.15) is 5.56 Å². The van der Waals surface area contributed by atoms with Crippen molar-refractivity contribution in [1.82, 2.24) is 14.7 Å². The number of halogens is 1. The van der Waals surface area contributed by atoms with Crippen LogP contribution in [-0.4, -0.2) is 55.3 Å². The molecule has 31 heavy (non-hydrogen) atoms. The molecule has 1 saturated heterocycles. The highest BCUT2D eigenvalue weighted by molar-refractivity contribution is 9.10. The fourth-order valence-electron chi connectivity index (χ4n) is 3.19. The van der Waals surface area contributed by atoms with Gasteiger partial charge in [0.25, 0.3) is 0 Å². The molecule has 1 aromatic heterocycles. The number of morpholine rings is 1. The predicted molar refractivity (Wildman–Crippen MR) is 129 cm³/mol. The number of benzene rings is 2. The molecule has 3 aromatic rings. The molecule has 2 heterocycles. The number of sulfonamides is 1. The number of nitrogens with one attached hydrogen (secondary N) is 3. The molecule has 8 nitrogen and oxygen atoms in total. The number of anilines is 1. The van der Waals surface area contributed by atoms with Crippen LogP contribution in [0.5, 0.6) is 0 Å². The van der Waals surface area contributed by atoms with Gasteiger partial charge < -0.3 is 15.0 Å². The average molecular weight is 522 g/mol. The van der Waals surface area contributed by atoms with E-state index in [1.165, 1.54) is 4.31 Å². The number of hydrogen-bond acceptors (Lipinski definition) is 5. The molecule has 0 saturated carbocycles. The minimum atomic E-state index is -3.52. The highest BCUT2D eigenvalue weighted by atomic mass is 79.9. The van der Waals surface area contributed by atoms with Crippen molar-refractivity contribution in [1.29, 1.82) is 0 Å². The second-order valence-corrected chi connectivity index (χ2v) is 10.1. The van der Waals surface area contributed by atoms with E-state index in [1.54, 1.807) is 30.5 Å². The molecule has 0 aliphatic carbocycles. The van der Waals surface area contributed by atoms with Gasteiger partial charge in [-0.05, 0) is 54.7 Å². The Balaban J connectivity index is 1.36. The van der Waals surface area contributed by atoms with E-state index >= 15 is 0 Å². The van der Waals surface area contributed by atoms with Gasteiger partial charge >= 0.3 is 0 Å². The van der Waals surface area contributed by atoms with Crippen LogP contribution < -0.4 is 10.7 Å². The number of aromatic nitrogens is 1. The van der Waals surface area contributed by atoms with Gasteiger partial charge in [-0.2, -0.15) is 9.41 Å². The van der Waals surface area contributed by atoms with Crippen LogP contribution in [0.3, 0.4) is 0 Å². The third-order valence-electron chi connectivity index (χ3n) is 4.77. The van der Waals surface area contributed by atoms with Crippen LogP contribution in [0, 0.1) is 0 Å². The third-order valence-corrected chi connectivity index (χ3v) is 7.37. The second kappa shape index (κ2) is 9.45. The normalized spacial score (nSPS) is 15.4. The summed E-state index contributed by atoms with van der Waals surface area (Å²) in [4.78, 5) is 3.42. The maximum absolute atomic E-state index is 12.7. The van der Waals surface area contributed by atoms with Crippen molar-refractivity contribution in [2.45, 2.75) is 4.90 Å². The van der Waals surface area contributed by atoms with Gasteiger partial charge in [-0.15, -0.1) is 0 Å². The Kier molecular flexibility index (Phi) is 6.68. The summed E-state index contributed by atoms with van der Waals surface area (Å²) in [7, 11) is -3.52. The van der Waals surface area contributed by atoms with E-state index in [-0.39, 0.29) is 4.90 Å². The summed E-state index contributed by atoms with van der Waals surface area (Å²) < 4.78 is 33.0. The molecule has 0 atom stereocenters. The predicted octanol–water partition coefficient (Wildman–Crippen LogP) is 3.27. The Morgan fingerprint density at radius 2 is 1.94 bits per heavy atom. The second-order valence-electron chi connectivity index (χ2n) is 6.80. The number of thiocarbonyl (C=S) groups is 1. The van der Waals surface area contributed by atoms with E-state index in [1.807, 2.05) is 24.4 Å². The van der Waals surface area contributed by atoms with Crippen molar-refractivity contribution in [3.05, 3.63) is 58.7 Å². The van der Waals surface area contributed by atoms with Crippen LogP contribution in [0.2, 0.25) is 0 Å². The quantitative estimate of drug-likeness (QED) is 0.270. The van der Waals surface area contributed by atoms with E-state index in [9.17, 15) is 8.42 Å². The van der Waals surface area contributed by atoms with E-state index in [0.717, 1.165) is 20.9 Å². The lowest BCUT2D eigenvalue weighted by Crippen LogP contribution is -2.40. The smallest absolute Gasteiger partial charge is 0.243 e. The molecule has 1 aliphatic heterocycles. The van der Waals surface area contributed by atoms with Gasteiger partial charge in [-0.25, -0.2) is 8.42 Å². The monoisotopic (exact) mass is 521 g/mol. The zero-order chi connectivity index (χ0) is 21.8. The maximum Gasteiger partial charge on any atom is 0.243 e. The summed E-state index contributed by atoms with van der Waals surface area (Å²) >= 11 is 8.73. The summed E-state index contributed by atoms with van der Waals surface area (Å²) in [5.74, 6) is 0. The summed E-state index contributed by atoms with van der Waals surface area (Å²) in [6, 6.07) is 12.4. The topological polar surface area (TPSA) is 98.8 Å². The molecule has 0 bridgehead atoms. The lowest BCUT2D eigenvalue weighted by atomic mass is 10.2. The first-order chi connectivity index (χ1) is 14.9. The summed E-state index contributed by atoms with van der Waals surface area (Å²) in [6.45, 7) is 1.55. The molecule has 0 radical (unpaired) electrons. The van der Waals surface area contributed by atoms with E-state index < -0.39 is 10.0 Å². The van der Waals surface area contributed by atoms with Gasteiger partial charge in [-0.1, -0.05) is 15.9 Å². The van der Waals surface area contributed by atoms with Crippen LogP contribution >= 0.6 is 28.1 Å². The van der Waals surface area contributed by atoms with Gasteiger partial charge in [0.2, 0.25) is 10.0 Å². The Morgan fingerprint density at radius 1 is 1.19 bits per heavy atom. The molecule has 1 fully saturated rings. The van der Waals surface area contributed by atoms with E-state index in [2.05, 4.69) is 36.8 Å². The minimum Gasteiger partial charge on any atom is -0.379 e. The molecule has 2 aromatic carbocycles. The van der Waals surface area contributed by atoms with Crippen molar-refractivity contribution in [2.24, 2.45) is 5.10 Å². The van der Waals surface area contributed by atoms with Gasteiger partial charge in [0, 0.05) is 45.9 Å². The zero-order valence-corrected chi connectivity index (χ0v) is 19.6. The standard InChI is InChI=1S/C20H20BrN5O3S2/c21-15-1-6-19-18(11-15)14(12-22-19)13-23-25-20(30)24-16-2-4-17(5-3-16)31(27,28)26-7-9-29-10-8-26/h1-6,11-13,22H,7-10H2,(H2,24,25,30)/b23-13-. The highest BCUT2D eigenvalue weighted by Gasteiger charge is 2.26. The Morgan fingerprint density at radius 3 is 2.68 bits per heavy atom. The number of H-pyrrole nitrogens is 1. The molecule has 4 rings (SSSR count). The summed E-state index contributed by atoms with van der Waals surface area (Å²) in [5, 5.41) is 8.50. The molecule has 3 N–H and O–H groups in total. The summed E-state index contributed by atoms with van der Waals surface area (Å²) in [6.07, 6.45) is 3.55. The minimum absolute atomic E-state index is 0.238. The van der Waals surface area contributed by atoms with E-state index in [4.69, 9.17) is 17.0 Å². The Hall–Kier alpha value is -2.31. The molecule has 11 heteroatoms. The Labute approximate surface area is 193 Å². The van der Waals surface area contributed by atoms with Gasteiger partial charge in [0.05, 0.1) is 24.3 Å². The largest absolute Gasteiger partial charge is 0.379 e. The van der Waals surface area contributed by atoms with Crippen LogP contribution in [0.15, 0.2) is 63.1 Å². The average Bonchev–Trinajstić information content (AvgIpc) is 3.17. The molecule has 162 valence electrons. The van der Waals surface area contributed by atoms with Crippen molar-refractivity contribution in [3.8, 4) is 0 Å². The number of fused-ring (bicyclic) bond motifs is 1. The number of rotatable bonds is 5. The molecular weight excluding hydrogens is 502 g/mol. The number of nitrogens with zero attached hydrogens (tertiary/aromatic N) is 2. The van der Waals surface area contributed by atoms with Crippen LogP contribution in [0.25, 0.3) is 10.9 Å². The maximum atomic E-state index is 12.7. The van der Waals surface area contributed by atoms with Gasteiger partial charge in [-0.3, -0.25) is 5.43 Å². The number of hydrogen-bond donors (Lipinski definition) is 3. The van der Waals surface area contributed by atoms with Gasteiger partial charge in [0.15, 0.2) is 5.11 Å². The lowest BCUT2D eigenvalue weighted by molar-refractivity contribution is 0.0730. The Bertz CT molecular complexity index is 1220. The fraction of sp³-hybridized carbons (Fsp3) is 0.200. The first kappa shape index (κ1) is 21.9. The van der Waals surface area contributed by atoms with Crippen molar-refractivity contribution in [3.63, 3.8) is 0 Å². The van der Waals surface area contributed by atoms with Crippen LogP contribution in [-0.2, 0) is 14.8 Å². The third kappa shape index (κ3) is 5.13. The van der Waals surface area contributed by atoms with Crippen molar-refractivity contribution in [2.75, 3.05) is 31.6 Å². The first-order valence-corrected chi connectivity index (χ1v) is 12.1. The van der Waals surface area contributed by atoms with E-state index in [0.29, 0.717) is 37.1 Å². The number of ether oxygens (including phenoxy) is 1. The van der Waals surface area contributed by atoms with Crippen molar-refractivity contribution < 1.29 is 13.2 Å². The molecular formula is C20H20BrN5O3S2. The SMILES string of the molecule is O=S(=O)(c1ccc(NC(=S)N/N=C\c2c[nH]c3ccc(Br)cc23)cc1)N1CCOCC1. The summed E-state index contributed by atoms with van der Waals surface area (Å²) in [5.41, 5.74) is 5.36. The highest BCUT2D eigenvalue weighted by Crippen LogP contribution is 2.22.